The molecule has 0 aliphatic heterocycles. The van der Waals surface area contributed by atoms with Crippen LogP contribution in [-0.4, -0.2) is 23.9 Å². The van der Waals surface area contributed by atoms with E-state index in [4.69, 9.17) is 5.21 Å². The predicted molar refractivity (Wildman–Crippen MR) is 41.0 cm³/mol. The third-order valence-electron chi connectivity index (χ3n) is 2.25. The Hall–Kier alpha value is -0.0800. The van der Waals surface area contributed by atoms with Gasteiger partial charge in [0.25, 0.3) is 0 Å². The van der Waals surface area contributed by atoms with E-state index in [1.807, 2.05) is 0 Å². The first-order valence-electron chi connectivity index (χ1n) is 4.19. The van der Waals surface area contributed by atoms with E-state index in [1.54, 1.807) is 7.05 Å². The summed E-state index contributed by atoms with van der Waals surface area (Å²) in [6.07, 6.45) is 6.73. The second-order valence-electron chi connectivity index (χ2n) is 3.34. The van der Waals surface area contributed by atoms with Gasteiger partial charge in [-0.2, -0.15) is 5.06 Å². The molecule has 0 atom stereocenters. The Morgan fingerprint density at radius 2 is 1.90 bits per heavy atom. The number of hydrogen-bond acceptors (Lipinski definition) is 2. The maximum absolute atomic E-state index is 8.94. The highest BCUT2D eigenvalue weighted by Gasteiger charge is 2.13. The van der Waals surface area contributed by atoms with Crippen molar-refractivity contribution in [2.75, 3.05) is 13.6 Å². The van der Waals surface area contributed by atoms with Crippen LogP contribution < -0.4 is 0 Å². The van der Waals surface area contributed by atoms with Gasteiger partial charge in [0.15, 0.2) is 0 Å². The van der Waals surface area contributed by atoms with Crippen molar-refractivity contribution in [2.45, 2.75) is 32.1 Å². The molecule has 10 heavy (non-hydrogen) atoms. The molecular formula is C8H17NO. The van der Waals surface area contributed by atoms with Gasteiger partial charge in [-0.15, -0.1) is 0 Å². The number of rotatable bonds is 2. The zero-order valence-electron chi connectivity index (χ0n) is 6.71. The van der Waals surface area contributed by atoms with E-state index in [0.717, 1.165) is 12.5 Å². The van der Waals surface area contributed by atoms with Crippen LogP contribution in [0.5, 0.6) is 0 Å². The maximum atomic E-state index is 8.94. The zero-order valence-corrected chi connectivity index (χ0v) is 6.71. The first-order valence-corrected chi connectivity index (χ1v) is 4.19. The summed E-state index contributed by atoms with van der Waals surface area (Å²) in [6.45, 7) is 0.861. The molecule has 0 amide bonds. The zero-order chi connectivity index (χ0) is 7.40. The van der Waals surface area contributed by atoms with Crippen molar-refractivity contribution in [3.63, 3.8) is 0 Å². The van der Waals surface area contributed by atoms with Crippen LogP contribution in [0, 0.1) is 5.92 Å². The van der Waals surface area contributed by atoms with Gasteiger partial charge in [-0.25, -0.2) is 0 Å². The minimum atomic E-state index is 0.753. The van der Waals surface area contributed by atoms with Gasteiger partial charge in [0.2, 0.25) is 0 Å². The van der Waals surface area contributed by atoms with Crippen LogP contribution in [0.25, 0.3) is 0 Å². The Morgan fingerprint density at radius 3 is 2.40 bits per heavy atom. The fraction of sp³-hybridized carbons (Fsp3) is 1.00. The summed E-state index contributed by atoms with van der Waals surface area (Å²) in [7, 11) is 1.73. The van der Waals surface area contributed by atoms with Gasteiger partial charge < -0.3 is 5.21 Å². The second kappa shape index (κ2) is 3.94. The lowest BCUT2D eigenvalue weighted by molar-refractivity contribution is -0.0789. The molecule has 1 aliphatic rings. The summed E-state index contributed by atoms with van der Waals surface area (Å²) >= 11 is 0. The second-order valence-corrected chi connectivity index (χ2v) is 3.34. The van der Waals surface area contributed by atoms with Crippen LogP contribution in [0.2, 0.25) is 0 Å². The number of hydroxylamine groups is 2. The lowest BCUT2D eigenvalue weighted by Crippen LogP contribution is -2.23. The Labute approximate surface area is 62.8 Å². The third-order valence-corrected chi connectivity index (χ3v) is 2.25. The summed E-state index contributed by atoms with van der Waals surface area (Å²) in [5.74, 6) is 0.753. The van der Waals surface area contributed by atoms with E-state index < -0.39 is 0 Å². The molecule has 1 N–H and O–H groups in total. The quantitative estimate of drug-likeness (QED) is 0.597. The molecule has 2 heteroatoms. The minimum Gasteiger partial charge on any atom is -0.314 e. The number of hydrogen-bond donors (Lipinski definition) is 1. The molecule has 0 heterocycles. The van der Waals surface area contributed by atoms with Gasteiger partial charge in [0, 0.05) is 13.6 Å². The summed E-state index contributed by atoms with van der Waals surface area (Å²) in [5, 5.41) is 10.3. The Balaban J connectivity index is 2.13. The van der Waals surface area contributed by atoms with Crippen molar-refractivity contribution in [2.24, 2.45) is 5.92 Å². The fourth-order valence-electron chi connectivity index (χ4n) is 1.74. The molecule has 1 rings (SSSR count). The molecule has 0 aromatic rings. The predicted octanol–water partition coefficient (Wildman–Crippen LogP) is 1.89. The average molecular weight is 143 g/mol. The highest BCUT2D eigenvalue weighted by Crippen LogP contribution is 2.23. The van der Waals surface area contributed by atoms with E-state index in [1.165, 1.54) is 37.2 Å². The molecule has 0 aromatic heterocycles. The minimum absolute atomic E-state index is 0.753. The Kier molecular flexibility index (Phi) is 3.16. The van der Waals surface area contributed by atoms with E-state index in [-0.39, 0.29) is 0 Å². The molecular weight excluding hydrogens is 126 g/mol. The van der Waals surface area contributed by atoms with Crippen LogP contribution in [-0.2, 0) is 0 Å². The molecule has 0 bridgehead atoms. The molecule has 0 unspecified atom stereocenters. The summed E-state index contributed by atoms with van der Waals surface area (Å²) in [6, 6.07) is 0. The molecule has 60 valence electrons. The van der Waals surface area contributed by atoms with Gasteiger partial charge in [-0.05, 0) is 18.8 Å². The molecule has 0 saturated heterocycles. The van der Waals surface area contributed by atoms with E-state index >= 15 is 0 Å². The first kappa shape index (κ1) is 8.02. The molecule has 1 fully saturated rings. The van der Waals surface area contributed by atoms with Crippen LogP contribution in [0.4, 0.5) is 0 Å². The molecule has 0 spiro atoms. The molecule has 0 aromatic carbocycles. The fourth-order valence-corrected chi connectivity index (χ4v) is 1.74. The van der Waals surface area contributed by atoms with Gasteiger partial charge in [-0.1, -0.05) is 19.3 Å². The lowest BCUT2D eigenvalue weighted by atomic mass is 9.89. The van der Waals surface area contributed by atoms with E-state index in [0.29, 0.717) is 0 Å². The van der Waals surface area contributed by atoms with Crippen molar-refractivity contribution >= 4 is 0 Å². The van der Waals surface area contributed by atoms with Crippen molar-refractivity contribution in [3.05, 3.63) is 0 Å². The van der Waals surface area contributed by atoms with E-state index in [2.05, 4.69) is 0 Å². The van der Waals surface area contributed by atoms with Crippen molar-refractivity contribution in [1.29, 1.82) is 0 Å². The monoisotopic (exact) mass is 143 g/mol. The van der Waals surface area contributed by atoms with Gasteiger partial charge in [-0.3, -0.25) is 0 Å². The topological polar surface area (TPSA) is 23.5 Å². The van der Waals surface area contributed by atoms with Crippen LogP contribution in [0.3, 0.4) is 0 Å². The molecule has 2 nitrogen and oxygen atoms in total. The van der Waals surface area contributed by atoms with Crippen molar-refractivity contribution in [1.82, 2.24) is 5.06 Å². The SMILES string of the molecule is CN(O)CC1CCCCC1. The van der Waals surface area contributed by atoms with Crippen LogP contribution in [0.15, 0.2) is 0 Å². The average Bonchev–Trinajstić information content (AvgIpc) is 1.88. The first-order chi connectivity index (χ1) is 4.79. The normalized spacial score (nSPS) is 21.9. The molecule has 1 aliphatic carbocycles. The molecule has 1 saturated carbocycles. The van der Waals surface area contributed by atoms with Gasteiger partial charge >= 0.3 is 0 Å². The Morgan fingerprint density at radius 1 is 1.30 bits per heavy atom. The highest BCUT2D eigenvalue weighted by atomic mass is 16.5. The van der Waals surface area contributed by atoms with Crippen molar-refractivity contribution < 1.29 is 5.21 Å². The smallest absolute Gasteiger partial charge is 0.0263 e. The van der Waals surface area contributed by atoms with Crippen LogP contribution in [0.1, 0.15) is 32.1 Å². The third kappa shape index (κ3) is 2.67. The molecule has 0 radical (unpaired) electrons. The highest BCUT2D eigenvalue weighted by molar-refractivity contribution is 4.66. The largest absolute Gasteiger partial charge is 0.314 e. The number of nitrogens with zero attached hydrogens (tertiary/aromatic N) is 1. The van der Waals surface area contributed by atoms with E-state index in [9.17, 15) is 0 Å². The maximum Gasteiger partial charge on any atom is 0.0263 e. The van der Waals surface area contributed by atoms with Crippen molar-refractivity contribution in [3.8, 4) is 0 Å². The Bertz CT molecular complexity index is 87.3. The summed E-state index contributed by atoms with van der Waals surface area (Å²) in [5.41, 5.74) is 0. The van der Waals surface area contributed by atoms with Gasteiger partial charge in [0.05, 0.1) is 0 Å². The summed E-state index contributed by atoms with van der Waals surface area (Å²) < 4.78 is 0. The lowest BCUT2D eigenvalue weighted by Gasteiger charge is -2.23. The van der Waals surface area contributed by atoms with Gasteiger partial charge in [0.1, 0.15) is 0 Å². The van der Waals surface area contributed by atoms with Crippen LogP contribution >= 0.6 is 0 Å². The summed E-state index contributed by atoms with van der Waals surface area (Å²) in [4.78, 5) is 0. The standard InChI is InChI=1S/C8H17NO/c1-9(10)7-8-5-3-2-4-6-8/h8,10H,2-7H2,1H3.